The van der Waals surface area contributed by atoms with Crippen LogP contribution in [-0.4, -0.2) is 53.7 Å². The number of amides is 2. The Morgan fingerprint density at radius 2 is 2.04 bits per heavy atom. The Hall–Kier alpha value is -3.00. The molecule has 0 atom stereocenters. The molecule has 0 saturated carbocycles. The first-order valence-electron chi connectivity index (χ1n) is 9.42. The van der Waals surface area contributed by atoms with Gasteiger partial charge in [-0.3, -0.25) is 14.6 Å². The maximum Gasteiger partial charge on any atom is 0.290 e. The average Bonchev–Trinajstić information content (AvgIpc) is 3.10. The van der Waals surface area contributed by atoms with Gasteiger partial charge in [0.1, 0.15) is 11.5 Å². The summed E-state index contributed by atoms with van der Waals surface area (Å²) >= 11 is 0. The van der Waals surface area contributed by atoms with Gasteiger partial charge in [0.05, 0.1) is 18.9 Å². The fourth-order valence-corrected chi connectivity index (χ4v) is 3.57. The summed E-state index contributed by atoms with van der Waals surface area (Å²) in [4.78, 5) is 30.9. The van der Waals surface area contributed by atoms with Gasteiger partial charge in [-0.2, -0.15) is 5.10 Å². The van der Waals surface area contributed by atoms with E-state index in [1.807, 2.05) is 6.92 Å². The maximum atomic E-state index is 12.9. The van der Waals surface area contributed by atoms with Crippen molar-refractivity contribution < 1.29 is 18.7 Å². The number of nitrogens with one attached hydrogen (secondary N) is 1. The Morgan fingerprint density at radius 1 is 1.21 bits per heavy atom. The molecular weight excluding hydrogens is 360 g/mol. The lowest BCUT2D eigenvalue weighted by Gasteiger charge is -2.26. The van der Waals surface area contributed by atoms with Crippen molar-refractivity contribution >= 4 is 17.5 Å². The van der Waals surface area contributed by atoms with Crippen LogP contribution in [0.4, 0.5) is 0 Å². The number of fused-ring (bicyclic) bond motifs is 1. The van der Waals surface area contributed by atoms with Crippen molar-refractivity contribution in [3.63, 3.8) is 0 Å². The SMILES string of the molecule is Cc1c(C(=O)N2CCOCC2)oc2c1/C(=N/NC(=O)c1ccccn1)CCC2. The van der Waals surface area contributed by atoms with Crippen LogP contribution < -0.4 is 5.43 Å². The third-order valence-electron chi connectivity index (χ3n) is 5.01. The van der Waals surface area contributed by atoms with Gasteiger partial charge in [0.15, 0.2) is 5.76 Å². The normalized spacial score (nSPS) is 18.0. The van der Waals surface area contributed by atoms with E-state index in [1.165, 1.54) is 0 Å². The molecule has 1 fully saturated rings. The summed E-state index contributed by atoms with van der Waals surface area (Å²) in [6.45, 7) is 4.07. The van der Waals surface area contributed by atoms with Crippen LogP contribution in [-0.2, 0) is 11.2 Å². The summed E-state index contributed by atoms with van der Waals surface area (Å²) in [5.41, 5.74) is 5.21. The van der Waals surface area contributed by atoms with Gasteiger partial charge in [0.2, 0.25) is 0 Å². The predicted molar refractivity (Wildman–Crippen MR) is 101 cm³/mol. The monoisotopic (exact) mass is 382 g/mol. The minimum absolute atomic E-state index is 0.118. The number of aryl methyl sites for hydroxylation is 1. The van der Waals surface area contributed by atoms with Crippen LogP contribution in [0.5, 0.6) is 0 Å². The molecule has 1 aliphatic heterocycles. The lowest BCUT2D eigenvalue weighted by atomic mass is 9.93. The van der Waals surface area contributed by atoms with E-state index in [9.17, 15) is 9.59 Å². The van der Waals surface area contributed by atoms with Crippen LogP contribution in [0.25, 0.3) is 0 Å². The zero-order valence-electron chi connectivity index (χ0n) is 15.7. The molecule has 0 radical (unpaired) electrons. The van der Waals surface area contributed by atoms with Gasteiger partial charge >= 0.3 is 0 Å². The van der Waals surface area contributed by atoms with E-state index < -0.39 is 0 Å². The maximum absolute atomic E-state index is 12.9. The number of furan rings is 1. The third-order valence-corrected chi connectivity index (χ3v) is 5.01. The molecule has 8 heteroatoms. The summed E-state index contributed by atoms with van der Waals surface area (Å²) < 4.78 is 11.3. The number of carbonyl (C=O) groups excluding carboxylic acids is 2. The fourth-order valence-electron chi connectivity index (χ4n) is 3.57. The molecular formula is C20H22N4O4. The Bertz CT molecular complexity index is 914. The van der Waals surface area contributed by atoms with E-state index in [2.05, 4.69) is 15.5 Å². The zero-order chi connectivity index (χ0) is 19.5. The van der Waals surface area contributed by atoms with Crippen molar-refractivity contribution in [1.82, 2.24) is 15.3 Å². The molecule has 146 valence electrons. The van der Waals surface area contributed by atoms with Gasteiger partial charge in [-0.15, -0.1) is 0 Å². The third kappa shape index (κ3) is 3.55. The smallest absolute Gasteiger partial charge is 0.290 e. The predicted octanol–water partition coefficient (Wildman–Crippen LogP) is 1.93. The van der Waals surface area contributed by atoms with Gasteiger partial charge in [-0.05, 0) is 31.9 Å². The molecule has 2 amide bonds. The molecule has 1 saturated heterocycles. The molecule has 0 aromatic carbocycles. The summed E-state index contributed by atoms with van der Waals surface area (Å²) in [5, 5.41) is 4.32. The van der Waals surface area contributed by atoms with Crippen molar-refractivity contribution in [2.75, 3.05) is 26.3 Å². The molecule has 1 aliphatic carbocycles. The van der Waals surface area contributed by atoms with Crippen molar-refractivity contribution in [3.8, 4) is 0 Å². The molecule has 2 aliphatic rings. The lowest BCUT2D eigenvalue weighted by Crippen LogP contribution is -2.40. The van der Waals surface area contributed by atoms with Gasteiger partial charge < -0.3 is 14.1 Å². The van der Waals surface area contributed by atoms with E-state index in [-0.39, 0.29) is 11.8 Å². The number of carbonyl (C=O) groups is 2. The van der Waals surface area contributed by atoms with Crippen LogP contribution in [0.15, 0.2) is 33.9 Å². The summed E-state index contributed by atoms with van der Waals surface area (Å²) in [6, 6.07) is 5.12. The second kappa shape index (κ2) is 7.93. The molecule has 0 bridgehead atoms. The average molecular weight is 382 g/mol. The Morgan fingerprint density at radius 3 is 2.79 bits per heavy atom. The van der Waals surface area contributed by atoms with E-state index in [0.29, 0.717) is 44.2 Å². The number of nitrogens with zero attached hydrogens (tertiary/aromatic N) is 3. The van der Waals surface area contributed by atoms with Crippen LogP contribution in [0.3, 0.4) is 0 Å². The number of hydrazone groups is 1. The van der Waals surface area contributed by atoms with Crippen LogP contribution in [0.1, 0.15) is 50.8 Å². The van der Waals surface area contributed by atoms with Gasteiger partial charge in [-0.25, -0.2) is 5.43 Å². The van der Waals surface area contributed by atoms with Crippen LogP contribution >= 0.6 is 0 Å². The largest absolute Gasteiger partial charge is 0.455 e. The first-order chi connectivity index (χ1) is 13.6. The Labute approximate surface area is 162 Å². The van der Waals surface area contributed by atoms with Crippen molar-refractivity contribution in [2.45, 2.75) is 26.2 Å². The molecule has 1 N–H and O–H groups in total. The summed E-state index contributed by atoms with van der Waals surface area (Å²) in [7, 11) is 0. The minimum Gasteiger partial charge on any atom is -0.455 e. The van der Waals surface area contributed by atoms with Gasteiger partial charge in [0, 0.05) is 36.8 Å². The molecule has 2 aromatic rings. The van der Waals surface area contributed by atoms with Gasteiger partial charge in [-0.1, -0.05) is 6.07 Å². The second-order valence-electron chi connectivity index (χ2n) is 6.83. The Balaban J connectivity index is 1.58. The van der Waals surface area contributed by atoms with Crippen molar-refractivity contribution in [3.05, 3.63) is 52.7 Å². The number of hydrogen-bond acceptors (Lipinski definition) is 6. The molecule has 4 rings (SSSR count). The summed E-state index contributed by atoms with van der Waals surface area (Å²) in [6.07, 6.45) is 3.87. The number of hydrogen-bond donors (Lipinski definition) is 1. The molecule has 2 aromatic heterocycles. The number of ether oxygens (including phenoxy) is 1. The fraction of sp³-hybridized carbons (Fsp3) is 0.400. The first kappa shape index (κ1) is 18.4. The standard InChI is InChI=1S/C20H22N4O4/c1-13-17-14(22-23-19(25)15-5-2-3-8-21-15)6-4-7-16(17)28-18(13)20(26)24-9-11-27-12-10-24/h2-3,5,8H,4,6-7,9-12H2,1H3,(H,23,25)/b22-14+. The second-order valence-corrected chi connectivity index (χ2v) is 6.83. The molecule has 0 spiro atoms. The van der Waals surface area contributed by atoms with Gasteiger partial charge in [0.25, 0.3) is 11.8 Å². The highest BCUT2D eigenvalue weighted by atomic mass is 16.5. The number of rotatable bonds is 3. The quantitative estimate of drug-likeness (QED) is 0.818. The minimum atomic E-state index is -0.369. The molecule has 28 heavy (non-hydrogen) atoms. The van der Waals surface area contributed by atoms with Crippen molar-refractivity contribution in [2.24, 2.45) is 5.10 Å². The number of pyridine rings is 1. The first-order valence-corrected chi connectivity index (χ1v) is 9.42. The topological polar surface area (TPSA) is 97.0 Å². The van der Waals surface area contributed by atoms with Crippen LogP contribution in [0.2, 0.25) is 0 Å². The number of aromatic nitrogens is 1. The van der Waals surface area contributed by atoms with E-state index in [4.69, 9.17) is 9.15 Å². The van der Waals surface area contributed by atoms with E-state index in [1.54, 1.807) is 29.3 Å². The lowest BCUT2D eigenvalue weighted by molar-refractivity contribution is 0.0281. The van der Waals surface area contributed by atoms with E-state index >= 15 is 0 Å². The zero-order valence-corrected chi connectivity index (χ0v) is 15.7. The molecule has 8 nitrogen and oxygen atoms in total. The highest BCUT2D eigenvalue weighted by Crippen LogP contribution is 2.30. The molecule has 0 unspecified atom stereocenters. The summed E-state index contributed by atoms with van der Waals surface area (Å²) in [5.74, 6) is 0.627. The van der Waals surface area contributed by atoms with Crippen LogP contribution in [0, 0.1) is 6.92 Å². The Kier molecular flexibility index (Phi) is 5.21. The van der Waals surface area contributed by atoms with E-state index in [0.717, 1.165) is 35.4 Å². The van der Waals surface area contributed by atoms with Crippen molar-refractivity contribution in [1.29, 1.82) is 0 Å². The molecule has 3 heterocycles. The number of morpholine rings is 1. The highest BCUT2D eigenvalue weighted by molar-refractivity contribution is 6.07. The highest BCUT2D eigenvalue weighted by Gasteiger charge is 2.30.